The number of halogens is 2. The van der Waals surface area contributed by atoms with E-state index < -0.39 is 20.8 Å². The van der Waals surface area contributed by atoms with Gasteiger partial charge >= 0.3 is 37.9 Å². The first-order valence-corrected chi connectivity index (χ1v) is 16.6. The van der Waals surface area contributed by atoms with Crippen LogP contribution in [-0.2, 0) is 20.8 Å². The Morgan fingerprint density at radius 3 is 1.93 bits per heavy atom. The normalized spacial score (nSPS) is 10.9. The summed E-state index contributed by atoms with van der Waals surface area (Å²) in [6.07, 6.45) is 0. The summed E-state index contributed by atoms with van der Waals surface area (Å²) in [5.74, 6) is 1.02. The molecular weight excluding hydrogens is 486 g/mol. The van der Waals surface area contributed by atoms with Gasteiger partial charge in [0, 0.05) is 0 Å². The molecule has 0 nitrogen and oxygen atoms in total. The molecule has 0 amide bonds. The molecule has 0 unspecified atom stereocenters. The molecule has 0 atom stereocenters. The Morgan fingerprint density at radius 2 is 1.33 bits per heavy atom. The van der Waals surface area contributed by atoms with Crippen LogP contribution in [0.3, 0.4) is 0 Å². The molecule has 3 heteroatoms. The minimum atomic E-state index is -0.826. The number of benzene rings is 3. The van der Waals surface area contributed by atoms with Crippen molar-refractivity contribution in [3.63, 3.8) is 0 Å². The summed E-state index contributed by atoms with van der Waals surface area (Å²) >= 11 is -0.826. The molecule has 0 aromatic heterocycles. The van der Waals surface area contributed by atoms with Gasteiger partial charge in [-0.05, 0) is 28.5 Å². The molecule has 0 aliphatic heterocycles. The first-order valence-electron chi connectivity index (χ1n) is 10.3. The Kier molecular flexibility index (Phi) is 8.46. The van der Waals surface area contributed by atoms with Crippen molar-refractivity contribution >= 4 is 27.8 Å². The van der Waals surface area contributed by atoms with Crippen molar-refractivity contribution in [2.45, 2.75) is 39.5 Å². The molecule has 0 heterocycles. The molecule has 4 aromatic rings. The van der Waals surface area contributed by atoms with Crippen molar-refractivity contribution in [1.82, 2.24) is 0 Å². The van der Waals surface area contributed by atoms with E-state index in [0.717, 1.165) is 0 Å². The molecule has 0 spiro atoms. The summed E-state index contributed by atoms with van der Waals surface area (Å²) in [6, 6.07) is 29.0. The van der Waals surface area contributed by atoms with E-state index in [4.69, 9.17) is 17.0 Å². The molecule has 0 saturated heterocycles. The van der Waals surface area contributed by atoms with Crippen LogP contribution in [0.15, 0.2) is 78.9 Å². The van der Waals surface area contributed by atoms with Gasteiger partial charge in [0.1, 0.15) is 0 Å². The van der Waals surface area contributed by atoms with Crippen LogP contribution in [-0.4, -0.2) is 0 Å². The Labute approximate surface area is 199 Å². The first kappa shape index (κ1) is 23.4. The molecule has 0 radical (unpaired) electrons. The van der Waals surface area contributed by atoms with Gasteiger partial charge < -0.3 is 0 Å². The van der Waals surface area contributed by atoms with Gasteiger partial charge in [0.25, 0.3) is 0 Å². The Morgan fingerprint density at radius 1 is 0.733 bits per heavy atom. The first-order chi connectivity index (χ1) is 14.5. The predicted molar refractivity (Wildman–Crippen MR) is 130 cm³/mol. The average molecular weight is 514 g/mol. The minimum absolute atomic E-state index is 0.477. The van der Waals surface area contributed by atoms with Gasteiger partial charge in [-0.2, -0.15) is 6.07 Å². The fraction of sp³-hybridized carbons (Fsp3) is 0.222. The molecule has 0 aliphatic carbocycles. The second-order valence-electron chi connectivity index (χ2n) is 8.11. The van der Waals surface area contributed by atoms with E-state index in [1.165, 1.54) is 44.2 Å². The van der Waals surface area contributed by atoms with E-state index in [0.29, 0.717) is 11.8 Å². The second-order valence-corrected chi connectivity index (χ2v) is 11.8. The zero-order valence-electron chi connectivity index (χ0n) is 17.9. The number of fused-ring (bicyclic) bond motifs is 1. The standard InChI is InChI=1S/C27H27.2ClH.Zr/c1-18(2)22-16-21-14-15-23(19(3)4)27(26(21)17-22)25-13-9-8-12-24(25)20-10-6-5-7-11-20;;;/h5-19H,1-4H3;2*1H;/q-1;;;+2/p-2. The molecular formula is C27H27Cl2Zr-. The molecule has 0 aliphatic rings. The topological polar surface area (TPSA) is 0 Å². The molecule has 30 heavy (non-hydrogen) atoms. The third-order valence-electron chi connectivity index (χ3n) is 5.51. The summed E-state index contributed by atoms with van der Waals surface area (Å²) in [6.45, 7) is 9.13. The molecule has 4 rings (SSSR count). The van der Waals surface area contributed by atoms with Crippen LogP contribution in [0.4, 0.5) is 0 Å². The number of rotatable bonds is 4. The number of hydrogen-bond acceptors (Lipinski definition) is 0. The maximum absolute atomic E-state index is 4.93. The van der Waals surface area contributed by atoms with Crippen molar-refractivity contribution in [2.24, 2.45) is 0 Å². The van der Waals surface area contributed by atoms with Crippen LogP contribution in [0.5, 0.6) is 0 Å². The van der Waals surface area contributed by atoms with E-state index in [2.05, 4.69) is 107 Å². The maximum atomic E-state index is 4.93. The molecule has 0 bridgehead atoms. The predicted octanol–water partition coefficient (Wildman–Crippen LogP) is 9.52. The SMILES string of the molecule is CC(C)c1cc2c(-c3ccccc3-c3ccccc3)c(C(C)C)ccc2[cH-]1.[Cl][Zr][Cl]. The zero-order valence-corrected chi connectivity index (χ0v) is 21.9. The van der Waals surface area contributed by atoms with Crippen molar-refractivity contribution < 1.29 is 20.8 Å². The van der Waals surface area contributed by atoms with Gasteiger partial charge in [0.15, 0.2) is 0 Å². The van der Waals surface area contributed by atoms with Crippen molar-refractivity contribution in [3.05, 3.63) is 90.0 Å². The molecule has 0 fully saturated rings. The van der Waals surface area contributed by atoms with Crippen molar-refractivity contribution in [2.75, 3.05) is 0 Å². The third-order valence-corrected chi connectivity index (χ3v) is 5.51. The summed E-state index contributed by atoms with van der Waals surface area (Å²) in [7, 11) is 9.87. The van der Waals surface area contributed by atoms with Crippen LogP contribution >= 0.6 is 17.0 Å². The van der Waals surface area contributed by atoms with Gasteiger partial charge in [-0.15, -0.1) is 34.5 Å². The fourth-order valence-corrected chi connectivity index (χ4v) is 4.01. The van der Waals surface area contributed by atoms with E-state index >= 15 is 0 Å². The van der Waals surface area contributed by atoms with Crippen molar-refractivity contribution in [3.8, 4) is 22.3 Å². The van der Waals surface area contributed by atoms with Gasteiger partial charge in [-0.3, -0.25) is 0 Å². The van der Waals surface area contributed by atoms with E-state index in [-0.39, 0.29) is 0 Å². The Hall–Kier alpha value is -1.27. The number of hydrogen-bond donors (Lipinski definition) is 0. The third kappa shape index (κ3) is 5.13. The Bertz CT molecular complexity index is 1090. The van der Waals surface area contributed by atoms with Crippen molar-refractivity contribution in [1.29, 1.82) is 0 Å². The average Bonchev–Trinajstić information content (AvgIpc) is 3.19. The van der Waals surface area contributed by atoms with E-state index in [9.17, 15) is 0 Å². The van der Waals surface area contributed by atoms with E-state index in [1.54, 1.807) is 0 Å². The second kappa shape index (κ2) is 10.9. The van der Waals surface area contributed by atoms with Crippen LogP contribution in [0.2, 0.25) is 0 Å². The summed E-state index contributed by atoms with van der Waals surface area (Å²) in [5.41, 5.74) is 8.15. The van der Waals surface area contributed by atoms with Crippen LogP contribution in [0.25, 0.3) is 33.0 Å². The molecule has 4 aromatic carbocycles. The molecule has 0 saturated carbocycles. The monoisotopic (exact) mass is 511 g/mol. The van der Waals surface area contributed by atoms with Gasteiger partial charge in [0.05, 0.1) is 0 Å². The van der Waals surface area contributed by atoms with E-state index in [1.807, 2.05) is 0 Å². The van der Waals surface area contributed by atoms with Gasteiger partial charge in [-0.25, -0.2) is 0 Å². The Balaban J connectivity index is 0.000000806. The van der Waals surface area contributed by atoms with Gasteiger partial charge in [-0.1, -0.05) is 93.4 Å². The molecule has 154 valence electrons. The van der Waals surface area contributed by atoms with Crippen LogP contribution < -0.4 is 0 Å². The summed E-state index contributed by atoms with van der Waals surface area (Å²) < 4.78 is 0. The van der Waals surface area contributed by atoms with Gasteiger partial charge in [0.2, 0.25) is 0 Å². The fourth-order valence-electron chi connectivity index (χ4n) is 4.01. The molecule has 0 N–H and O–H groups in total. The van der Waals surface area contributed by atoms with Crippen LogP contribution in [0, 0.1) is 0 Å². The quantitative estimate of drug-likeness (QED) is 0.238. The summed E-state index contributed by atoms with van der Waals surface area (Å²) in [5, 5.41) is 2.73. The summed E-state index contributed by atoms with van der Waals surface area (Å²) in [4.78, 5) is 0. The zero-order chi connectivity index (χ0) is 21.7. The van der Waals surface area contributed by atoms with Crippen LogP contribution in [0.1, 0.15) is 50.7 Å².